The van der Waals surface area contributed by atoms with E-state index in [9.17, 15) is 9.59 Å². The first-order chi connectivity index (χ1) is 16.5. The fraction of sp³-hybridized carbons (Fsp3) is 0.231. The molecule has 0 radical (unpaired) electrons. The van der Waals surface area contributed by atoms with E-state index in [1.165, 1.54) is 4.90 Å². The maximum absolute atomic E-state index is 13.4. The zero-order chi connectivity index (χ0) is 24.1. The smallest absolute Gasteiger partial charge is 0.278 e. The molecule has 34 heavy (non-hydrogen) atoms. The summed E-state index contributed by atoms with van der Waals surface area (Å²) >= 11 is 1.11. The lowest BCUT2D eigenvalue weighted by molar-refractivity contribution is -0.137. The third-order valence-corrected chi connectivity index (χ3v) is 6.14. The van der Waals surface area contributed by atoms with Gasteiger partial charge in [-0.2, -0.15) is 0 Å². The minimum absolute atomic E-state index is 0.206. The van der Waals surface area contributed by atoms with Crippen LogP contribution < -0.4 is 10.1 Å². The Kier molecular flexibility index (Phi) is 7.27. The van der Waals surface area contributed by atoms with Crippen LogP contribution in [0.3, 0.4) is 0 Å². The molecule has 0 unspecified atom stereocenters. The molecule has 0 atom stereocenters. The standard InChI is InChI=1S/C26H26N4O3S/c1-4-33-21-13-9-8-12-20(21)29-22-23(34-26-27-17(2)16-18(3)28-26)25(32)30(24(22)31)15-14-19-10-6-5-7-11-19/h5-13,16,29H,4,14-15H2,1-3H3. The summed E-state index contributed by atoms with van der Waals surface area (Å²) in [4.78, 5) is 37.3. The number of para-hydroxylation sites is 2. The second-order valence-electron chi connectivity index (χ2n) is 7.79. The van der Waals surface area contributed by atoms with E-state index in [0.717, 1.165) is 28.7 Å². The third-order valence-electron chi connectivity index (χ3n) is 5.19. The van der Waals surface area contributed by atoms with Crippen molar-refractivity contribution in [3.8, 4) is 5.75 Å². The van der Waals surface area contributed by atoms with Crippen LogP contribution in [0.2, 0.25) is 0 Å². The summed E-state index contributed by atoms with van der Waals surface area (Å²) in [5.41, 5.74) is 3.47. The van der Waals surface area contributed by atoms with Gasteiger partial charge in [0.05, 0.1) is 12.3 Å². The van der Waals surface area contributed by atoms with Crippen LogP contribution in [0.1, 0.15) is 23.9 Å². The van der Waals surface area contributed by atoms with E-state index in [-0.39, 0.29) is 29.0 Å². The number of thioether (sulfide) groups is 1. The summed E-state index contributed by atoms with van der Waals surface area (Å²) in [6.07, 6.45) is 0.569. The highest BCUT2D eigenvalue weighted by atomic mass is 32.2. The summed E-state index contributed by atoms with van der Waals surface area (Å²) in [5, 5.41) is 3.60. The van der Waals surface area contributed by atoms with Crippen molar-refractivity contribution in [2.24, 2.45) is 0 Å². The highest BCUT2D eigenvalue weighted by Crippen LogP contribution is 2.36. The number of ether oxygens (including phenoxy) is 1. The van der Waals surface area contributed by atoms with Crippen LogP contribution in [0.25, 0.3) is 0 Å². The van der Waals surface area contributed by atoms with E-state index in [0.29, 0.717) is 29.6 Å². The van der Waals surface area contributed by atoms with Gasteiger partial charge in [0.15, 0.2) is 5.16 Å². The minimum atomic E-state index is -0.376. The zero-order valence-corrected chi connectivity index (χ0v) is 20.2. The molecule has 1 aromatic heterocycles. The van der Waals surface area contributed by atoms with Crippen molar-refractivity contribution in [1.29, 1.82) is 0 Å². The Hall–Kier alpha value is -3.65. The Morgan fingerprint density at radius 3 is 2.32 bits per heavy atom. The van der Waals surface area contributed by atoms with Crippen LogP contribution in [0.5, 0.6) is 5.75 Å². The number of rotatable bonds is 9. The Balaban J connectivity index is 1.67. The van der Waals surface area contributed by atoms with Gasteiger partial charge in [0.1, 0.15) is 16.4 Å². The molecule has 174 valence electrons. The van der Waals surface area contributed by atoms with Crippen LogP contribution in [0.4, 0.5) is 5.69 Å². The number of imide groups is 1. The topological polar surface area (TPSA) is 84.4 Å². The van der Waals surface area contributed by atoms with Crippen molar-refractivity contribution < 1.29 is 14.3 Å². The number of nitrogens with zero attached hydrogens (tertiary/aromatic N) is 3. The molecule has 0 aliphatic carbocycles. The molecular formula is C26H26N4O3S. The van der Waals surface area contributed by atoms with Crippen LogP contribution in [-0.4, -0.2) is 39.8 Å². The lowest BCUT2D eigenvalue weighted by atomic mass is 10.1. The maximum atomic E-state index is 13.4. The number of aryl methyl sites for hydroxylation is 2. The van der Waals surface area contributed by atoms with Gasteiger partial charge in [0.2, 0.25) is 0 Å². The Morgan fingerprint density at radius 1 is 0.941 bits per heavy atom. The average Bonchev–Trinajstić information content (AvgIpc) is 3.03. The molecule has 0 saturated carbocycles. The molecule has 0 bridgehead atoms. The molecule has 1 aliphatic heterocycles. The van der Waals surface area contributed by atoms with E-state index in [2.05, 4.69) is 15.3 Å². The van der Waals surface area contributed by atoms with E-state index in [4.69, 9.17) is 4.74 Å². The van der Waals surface area contributed by atoms with Crippen LogP contribution in [0.15, 0.2) is 76.4 Å². The molecule has 0 saturated heterocycles. The lowest BCUT2D eigenvalue weighted by Gasteiger charge is -2.16. The second-order valence-corrected chi connectivity index (χ2v) is 8.77. The highest BCUT2D eigenvalue weighted by Gasteiger charge is 2.39. The quantitative estimate of drug-likeness (QED) is 0.361. The first-order valence-electron chi connectivity index (χ1n) is 11.1. The largest absolute Gasteiger partial charge is 0.492 e. The number of benzene rings is 2. The molecule has 2 aromatic carbocycles. The zero-order valence-electron chi connectivity index (χ0n) is 19.4. The summed E-state index contributed by atoms with van der Waals surface area (Å²) < 4.78 is 5.70. The number of aromatic nitrogens is 2. The normalized spacial score (nSPS) is 13.6. The summed E-state index contributed by atoms with van der Waals surface area (Å²) in [7, 11) is 0. The van der Waals surface area contributed by atoms with Crippen molar-refractivity contribution in [1.82, 2.24) is 14.9 Å². The van der Waals surface area contributed by atoms with Crippen molar-refractivity contribution >= 4 is 29.3 Å². The number of amides is 2. The molecule has 2 amide bonds. The Morgan fingerprint density at radius 2 is 1.62 bits per heavy atom. The van der Waals surface area contributed by atoms with E-state index < -0.39 is 0 Å². The molecule has 7 nitrogen and oxygen atoms in total. The average molecular weight is 475 g/mol. The molecule has 1 N–H and O–H groups in total. The fourth-order valence-corrected chi connectivity index (χ4v) is 4.66. The van der Waals surface area contributed by atoms with Gasteiger partial charge in [0.25, 0.3) is 11.8 Å². The van der Waals surface area contributed by atoms with Gasteiger partial charge in [-0.3, -0.25) is 14.5 Å². The lowest BCUT2D eigenvalue weighted by Crippen LogP contribution is -2.34. The predicted octanol–water partition coefficient (Wildman–Crippen LogP) is 4.52. The van der Waals surface area contributed by atoms with Crippen molar-refractivity contribution in [2.45, 2.75) is 32.3 Å². The number of hydrogen-bond donors (Lipinski definition) is 1. The number of carbonyl (C=O) groups is 2. The second kappa shape index (κ2) is 10.5. The molecule has 8 heteroatoms. The Bertz CT molecular complexity index is 1220. The molecular weight excluding hydrogens is 448 g/mol. The molecule has 0 fully saturated rings. The number of carbonyl (C=O) groups excluding carboxylic acids is 2. The first-order valence-corrected chi connectivity index (χ1v) is 11.9. The molecule has 4 rings (SSSR count). The van der Waals surface area contributed by atoms with Crippen LogP contribution in [-0.2, 0) is 16.0 Å². The van der Waals surface area contributed by atoms with Gasteiger partial charge < -0.3 is 10.1 Å². The van der Waals surface area contributed by atoms with E-state index in [1.54, 1.807) is 0 Å². The number of anilines is 1. The van der Waals surface area contributed by atoms with E-state index >= 15 is 0 Å². The summed E-state index contributed by atoms with van der Waals surface area (Å²) in [5.74, 6) is -0.128. The van der Waals surface area contributed by atoms with Crippen molar-refractivity contribution in [3.05, 3.63) is 88.2 Å². The third kappa shape index (κ3) is 5.28. The Labute approximate surface area is 203 Å². The van der Waals surface area contributed by atoms with Crippen molar-refractivity contribution in [3.63, 3.8) is 0 Å². The molecule has 1 aliphatic rings. The van der Waals surface area contributed by atoms with Gasteiger partial charge in [-0.25, -0.2) is 9.97 Å². The SMILES string of the molecule is CCOc1ccccc1NC1=C(Sc2nc(C)cc(C)n2)C(=O)N(CCc2ccccc2)C1=O. The van der Waals surface area contributed by atoms with Gasteiger partial charge in [-0.05, 0) is 62.7 Å². The molecule has 2 heterocycles. The van der Waals surface area contributed by atoms with Crippen molar-refractivity contribution in [2.75, 3.05) is 18.5 Å². The summed E-state index contributed by atoms with van der Waals surface area (Å²) in [6, 6.07) is 19.0. The fourth-order valence-electron chi connectivity index (χ4n) is 3.66. The maximum Gasteiger partial charge on any atom is 0.278 e. The minimum Gasteiger partial charge on any atom is -0.492 e. The molecule has 0 spiro atoms. The van der Waals surface area contributed by atoms with Gasteiger partial charge in [-0.15, -0.1) is 0 Å². The summed E-state index contributed by atoms with van der Waals surface area (Å²) in [6.45, 7) is 6.39. The van der Waals surface area contributed by atoms with E-state index in [1.807, 2.05) is 81.4 Å². The number of hydrogen-bond acceptors (Lipinski definition) is 7. The van der Waals surface area contributed by atoms with Gasteiger partial charge >= 0.3 is 0 Å². The monoisotopic (exact) mass is 474 g/mol. The number of nitrogens with one attached hydrogen (secondary N) is 1. The molecule has 3 aromatic rings. The highest BCUT2D eigenvalue weighted by molar-refractivity contribution is 8.04. The predicted molar refractivity (Wildman–Crippen MR) is 132 cm³/mol. The van der Waals surface area contributed by atoms with Gasteiger partial charge in [0, 0.05) is 17.9 Å². The van der Waals surface area contributed by atoms with Crippen LogP contribution in [0, 0.1) is 13.8 Å². The van der Waals surface area contributed by atoms with Crippen LogP contribution >= 0.6 is 11.8 Å². The van der Waals surface area contributed by atoms with Gasteiger partial charge in [-0.1, -0.05) is 42.5 Å². The first kappa shape index (κ1) is 23.5.